The summed E-state index contributed by atoms with van der Waals surface area (Å²) in [6, 6.07) is 7.38. The molecule has 8 nitrogen and oxygen atoms in total. The molecule has 0 saturated carbocycles. The van der Waals surface area contributed by atoms with E-state index in [0.717, 1.165) is 21.9 Å². The number of amides is 4. The maximum Gasteiger partial charge on any atom is 0.261 e. The minimum absolute atomic E-state index is 0.00993. The van der Waals surface area contributed by atoms with Gasteiger partial charge in [0.25, 0.3) is 23.6 Å². The predicted octanol–water partition coefficient (Wildman–Crippen LogP) is 0.971. The summed E-state index contributed by atoms with van der Waals surface area (Å²) in [7, 11) is -1.43. The molecule has 2 aliphatic heterocycles. The van der Waals surface area contributed by atoms with Crippen molar-refractivity contribution in [3.63, 3.8) is 0 Å². The molecular weight excluding hydrogens is 372 g/mol. The first-order chi connectivity index (χ1) is 12.6. The van der Waals surface area contributed by atoms with Crippen molar-refractivity contribution in [2.24, 2.45) is 0 Å². The number of carbonyl (C=O) groups is 4. The largest absolute Gasteiger partial charge is 0.277 e. The Morgan fingerprint density at radius 3 is 1.30 bits per heavy atom. The van der Waals surface area contributed by atoms with Gasteiger partial charge in [-0.2, -0.15) is 0 Å². The lowest BCUT2D eigenvalue weighted by molar-refractivity contribution is 0.0677. The number of benzene rings is 2. The number of rotatable bonds is 2. The smallest absolute Gasteiger partial charge is 0.261 e. The number of sulfone groups is 1. The fraction of sp³-hybridized carbons (Fsp3) is 0.111. The molecule has 2 aromatic rings. The monoisotopic (exact) mass is 384 g/mol. The summed E-state index contributed by atoms with van der Waals surface area (Å²) >= 11 is 0. The van der Waals surface area contributed by atoms with E-state index in [4.69, 9.17) is 0 Å². The third-order valence-corrected chi connectivity index (χ3v) is 6.49. The van der Waals surface area contributed by atoms with Crippen molar-refractivity contribution in [1.29, 1.82) is 0 Å². The van der Waals surface area contributed by atoms with E-state index in [1.54, 1.807) is 0 Å². The normalized spacial score (nSPS) is 16.2. The number of imide groups is 2. The topological polar surface area (TPSA) is 109 Å². The summed E-state index contributed by atoms with van der Waals surface area (Å²) < 4.78 is 25.9. The molecule has 0 radical (unpaired) electrons. The minimum atomic E-state index is -4.06. The van der Waals surface area contributed by atoms with E-state index in [2.05, 4.69) is 0 Å². The van der Waals surface area contributed by atoms with Crippen molar-refractivity contribution < 1.29 is 27.6 Å². The molecule has 27 heavy (non-hydrogen) atoms. The van der Waals surface area contributed by atoms with Crippen LogP contribution in [0.4, 0.5) is 0 Å². The quantitative estimate of drug-likeness (QED) is 0.714. The third kappa shape index (κ3) is 2.18. The second-order valence-electron chi connectivity index (χ2n) is 6.26. The number of hydrogen-bond acceptors (Lipinski definition) is 6. The molecule has 4 rings (SSSR count). The highest BCUT2D eigenvalue weighted by Crippen LogP contribution is 2.30. The Balaban J connectivity index is 1.83. The summed E-state index contributed by atoms with van der Waals surface area (Å²) in [4.78, 5) is 49.6. The molecule has 0 N–H and O–H groups in total. The lowest BCUT2D eigenvalue weighted by Gasteiger charge is -2.07. The second-order valence-corrected chi connectivity index (χ2v) is 8.21. The Labute approximate surface area is 153 Å². The van der Waals surface area contributed by atoms with E-state index < -0.39 is 33.5 Å². The van der Waals surface area contributed by atoms with Crippen LogP contribution in [0.5, 0.6) is 0 Å². The van der Waals surface area contributed by atoms with E-state index in [-0.39, 0.29) is 32.0 Å². The van der Waals surface area contributed by atoms with Crippen molar-refractivity contribution in [2.75, 3.05) is 14.1 Å². The molecule has 0 unspecified atom stereocenters. The molecule has 0 bridgehead atoms. The number of nitrogens with zero attached hydrogens (tertiary/aromatic N) is 2. The summed E-state index contributed by atoms with van der Waals surface area (Å²) in [6.45, 7) is 0. The highest BCUT2D eigenvalue weighted by atomic mass is 32.2. The molecule has 136 valence electrons. The molecule has 2 aromatic carbocycles. The van der Waals surface area contributed by atoms with Crippen LogP contribution in [-0.4, -0.2) is 55.9 Å². The van der Waals surface area contributed by atoms with Crippen LogP contribution >= 0.6 is 0 Å². The van der Waals surface area contributed by atoms with Crippen LogP contribution in [0, 0.1) is 0 Å². The van der Waals surface area contributed by atoms with E-state index >= 15 is 0 Å². The van der Waals surface area contributed by atoms with Gasteiger partial charge >= 0.3 is 0 Å². The van der Waals surface area contributed by atoms with Gasteiger partial charge < -0.3 is 0 Å². The zero-order valence-electron chi connectivity index (χ0n) is 14.2. The molecule has 2 aliphatic rings. The van der Waals surface area contributed by atoms with E-state index in [1.165, 1.54) is 38.4 Å². The Morgan fingerprint density at radius 1 is 0.593 bits per heavy atom. The zero-order chi connectivity index (χ0) is 19.7. The van der Waals surface area contributed by atoms with Crippen LogP contribution in [0.3, 0.4) is 0 Å². The molecule has 2 heterocycles. The third-order valence-electron chi connectivity index (χ3n) is 4.74. The van der Waals surface area contributed by atoms with Crippen molar-refractivity contribution in [3.05, 3.63) is 58.7 Å². The van der Waals surface area contributed by atoms with Crippen LogP contribution in [0.25, 0.3) is 0 Å². The van der Waals surface area contributed by atoms with Crippen molar-refractivity contribution in [1.82, 2.24) is 9.80 Å². The Kier molecular flexibility index (Phi) is 3.38. The van der Waals surface area contributed by atoms with Gasteiger partial charge in [0, 0.05) is 14.1 Å². The highest BCUT2D eigenvalue weighted by molar-refractivity contribution is 7.91. The molecular formula is C18H12N2O6S. The lowest BCUT2D eigenvalue weighted by atomic mass is 10.1. The molecule has 0 fully saturated rings. The highest BCUT2D eigenvalue weighted by Gasteiger charge is 2.36. The fourth-order valence-electron chi connectivity index (χ4n) is 3.15. The Hall–Kier alpha value is -3.33. The Bertz CT molecular complexity index is 1110. The molecule has 0 aromatic heterocycles. The van der Waals surface area contributed by atoms with Gasteiger partial charge in [0.1, 0.15) is 0 Å². The van der Waals surface area contributed by atoms with Gasteiger partial charge in [-0.25, -0.2) is 8.42 Å². The SMILES string of the molecule is CN1C(=O)c2ccc(S(=O)(=O)c3ccc4c(c3)C(=O)N(C)C4=O)cc2C1=O. The molecule has 0 aliphatic carbocycles. The van der Waals surface area contributed by atoms with Gasteiger partial charge in [-0.15, -0.1) is 0 Å². The molecule has 0 saturated heterocycles. The fourth-order valence-corrected chi connectivity index (χ4v) is 4.46. The van der Waals surface area contributed by atoms with Crippen molar-refractivity contribution in [2.45, 2.75) is 9.79 Å². The van der Waals surface area contributed by atoms with Crippen molar-refractivity contribution in [3.8, 4) is 0 Å². The van der Waals surface area contributed by atoms with Crippen molar-refractivity contribution >= 4 is 33.5 Å². The zero-order valence-corrected chi connectivity index (χ0v) is 15.0. The van der Waals surface area contributed by atoms with Crippen LogP contribution in [-0.2, 0) is 9.84 Å². The van der Waals surface area contributed by atoms with Gasteiger partial charge in [0.15, 0.2) is 0 Å². The first-order valence-electron chi connectivity index (χ1n) is 7.82. The molecule has 4 amide bonds. The van der Waals surface area contributed by atoms with Crippen LogP contribution in [0.15, 0.2) is 46.2 Å². The summed E-state index contributed by atoms with van der Waals surface area (Å²) in [5, 5.41) is 0. The average molecular weight is 384 g/mol. The maximum absolute atomic E-state index is 13.0. The number of hydrogen-bond donors (Lipinski definition) is 0. The second kappa shape index (κ2) is 5.34. The van der Waals surface area contributed by atoms with Gasteiger partial charge in [0.05, 0.1) is 32.0 Å². The van der Waals surface area contributed by atoms with Gasteiger partial charge in [-0.3, -0.25) is 29.0 Å². The summed E-state index contributed by atoms with van der Waals surface area (Å²) in [5.41, 5.74) is 0.294. The summed E-state index contributed by atoms with van der Waals surface area (Å²) in [6.07, 6.45) is 0. The molecule has 0 atom stereocenters. The first-order valence-corrected chi connectivity index (χ1v) is 9.31. The minimum Gasteiger partial charge on any atom is -0.277 e. The lowest BCUT2D eigenvalue weighted by Crippen LogP contribution is -2.24. The molecule has 9 heteroatoms. The first kappa shape index (κ1) is 17.1. The van der Waals surface area contributed by atoms with E-state index in [0.29, 0.717) is 0 Å². The number of fused-ring (bicyclic) bond motifs is 2. The van der Waals surface area contributed by atoms with Gasteiger partial charge in [0.2, 0.25) is 9.84 Å². The maximum atomic E-state index is 13.0. The predicted molar refractivity (Wildman–Crippen MR) is 91.2 cm³/mol. The van der Waals surface area contributed by atoms with Gasteiger partial charge in [-0.05, 0) is 36.4 Å². The van der Waals surface area contributed by atoms with E-state index in [9.17, 15) is 27.6 Å². The van der Waals surface area contributed by atoms with Crippen LogP contribution in [0.2, 0.25) is 0 Å². The van der Waals surface area contributed by atoms with Gasteiger partial charge in [-0.1, -0.05) is 0 Å². The number of carbonyl (C=O) groups excluding carboxylic acids is 4. The average Bonchev–Trinajstić information content (AvgIpc) is 3.02. The van der Waals surface area contributed by atoms with Crippen LogP contribution < -0.4 is 0 Å². The van der Waals surface area contributed by atoms with Crippen LogP contribution in [0.1, 0.15) is 41.4 Å². The summed E-state index contributed by atoms with van der Waals surface area (Å²) in [5.74, 6) is -2.15. The molecule has 0 spiro atoms. The Morgan fingerprint density at radius 2 is 0.926 bits per heavy atom. The standard InChI is InChI=1S/C18H12N2O6S/c1-19-15(21)11-5-3-9(7-13(11)17(19)23)27(25,26)10-4-6-12-14(8-10)18(24)20(2)16(12)22/h3-8H,1-2H3. The van der Waals surface area contributed by atoms with E-state index in [1.807, 2.05) is 0 Å².